The number of hydrogen-bond donors (Lipinski definition) is 1. The number of amides is 1. The van der Waals surface area contributed by atoms with E-state index in [0.29, 0.717) is 24.7 Å². The molecule has 31 heavy (non-hydrogen) atoms. The zero-order valence-electron chi connectivity index (χ0n) is 16.7. The number of aromatic nitrogens is 3. The van der Waals surface area contributed by atoms with Crippen LogP contribution >= 0.6 is 23.1 Å². The Morgan fingerprint density at radius 2 is 1.81 bits per heavy atom. The van der Waals surface area contributed by atoms with E-state index in [-0.39, 0.29) is 17.5 Å². The number of thioether (sulfide) groups is 1. The van der Waals surface area contributed by atoms with Crippen LogP contribution in [-0.2, 0) is 17.8 Å². The minimum atomic E-state index is -0.259. The predicted octanol–water partition coefficient (Wildman–Crippen LogP) is 4.65. The number of halogens is 1. The molecule has 4 aromatic rings. The average molecular weight is 453 g/mol. The van der Waals surface area contributed by atoms with E-state index in [1.165, 1.54) is 23.9 Å². The van der Waals surface area contributed by atoms with Crippen LogP contribution in [0, 0.1) is 5.82 Å². The van der Waals surface area contributed by atoms with Crippen LogP contribution in [0.3, 0.4) is 0 Å². The SMILES string of the molecule is O=C(CSc1nnc(-c2cccs2)n1Cc1ccccc1)NCCc1ccc(F)cc1. The van der Waals surface area contributed by atoms with Gasteiger partial charge in [0.1, 0.15) is 5.82 Å². The second-order valence-corrected chi connectivity index (χ2v) is 8.76. The largest absolute Gasteiger partial charge is 0.355 e. The third-order valence-corrected chi connectivity index (χ3v) is 6.46. The van der Waals surface area contributed by atoms with Crippen LogP contribution in [0.2, 0.25) is 0 Å². The van der Waals surface area contributed by atoms with Crippen molar-refractivity contribution in [3.8, 4) is 10.7 Å². The second-order valence-electron chi connectivity index (χ2n) is 6.87. The van der Waals surface area contributed by atoms with Gasteiger partial charge in [0, 0.05) is 6.54 Å². The lowest BCUT2D eigenvalue weighted by Crippen LogP contribution is -2.27. The highest BCUT2D eigenvalue weighted by Crippen LogP contribution is 2.28. The van der Waals surface area contributed by atoms with Gasteiger partial charge in [-0.1, -0.05) is 60.3 Å². The molecule has 0 bridgehead atoms. The molecule has 0 fully saturated rings. The molecule has 0 aliphatic carbocycles. The van der Waals surface area contributed by atoms with Gasteiger partial charge < -0.3 is 5.32 Å². The summed E-state index contributed by atoms with van der Waals surface area (Å²) in [5.74, 6) is 0.726. The van der Waals surface area contributed by atoms with E-state index in [1.807, 2.05) is 35.7 Å². The van der Waals surface area contributed by atoms with Crippen molar-refractivity contribution in [1.29, 1.82) is 0 Å². The first-order chi connectivity index (χ1) is 15.2. The van der Waals surface area contributed by atoms with E-state index in [2.05, 4.69) is 32.2 Å². The van der Waals surface area contributed by atoms with Crippen molar-refractivity contribution in [3.05, 3.63) is 89.1 Å². The first-order valence-electron chi connectivity index (χ1n) is 9.84. The van der Waals surface area contributed by atoms with E-state index in [4.69, 9.17) is 0 Å². The first-order valence-corrected chi connectivity index (χ1v) is 11.7. The quantitative estimate of drug-likeness (QED) is 0.376. The molecule has 0 saturated carbocycles. The molecule has 4 rings (SSSR count). The maximum Gasteiger partial charge on any atom is 0.230 e. The van der Waals surface area contributed by atoms with Gasteiger partial charge in [0.15, 0.2) is 11.0 Å². The Labute approximate surface area is 188 Å². The number of nitrogens with zero attached hydrogens (tertiary/aromatic N) is 3. The number of hydrogen-bond acceptors (Lipinski definition) is 5. The van der Waals surface area contributed by atoms with E-state index in [0.717, 1.165) is 21.8 Å². The Morgan fingerprint density at radius 1 is 1.00 bits per heavy atom. The molecule has 0 radical (unpaired) electrons. The van der Waals surface area contributed by atoms with E-state index in [1.54, 1.807) is 23.5 Å². The fourth-order valence-electron chi connectivity index (χ4n) is 3.07. The minimum Gasteiger partial charge on any atom is -0.355 e. The molecule has 5 nitrogen and oxygen atoms in total. The summed E-state index contributed by atoms with van der Waals surface area (Å²) in [4.78, 5) is 13.4. The maximum absolute atomic E-state index is 13.0. The summed E-state index contributed by atoms with van der Waals surface area (Å²) in [5, 5.41) is 14.4. The number of carbonyl (C=O) groups excluding carboxylic acids is 1. The standard InChI is InChI=1S/C23H21FN4OS2/c24-19-10-8-17(9-11-19)12-13-25-21(29)16-31-23-27-26-22(20-7-4-14-30-20)28(23)15-18-5-2-1-3-6-18/h1-11,14H,12-13,15-16H2,(H,25,29). The third kappa shape index (κ3) is 5.80. The zero-order valence-corrected chi connectivity index (χ0v) is 18.3. The molecule has 0 unspecified atom stereocenters. The van der Waals surface area contributed by atoms with Crippen molar-refractivity contribution in [3.63, 3.8) is 0 Å². The smallest absolute Gasteiger partial charge is 0.230 e. The maximum atomic E-state index is 13.0. The monoisotopic (exact) mass is 452 g/mol. The van der Waals surface area contributed by atoms with E-state index in [9.17, 15) is 9.18 Å². The average Bonchev–Trinajstić information content (AvgIpc) is 3.44. The Kier molecular flexibility index (Phi) is 7.11. The van der Waals surface area contributed by atoms with E-state index >= 15 is 0 Å². The van der Waals surface area contributed by atoms with Gasteiger partial charge in [-0.05, 0) is 41.1 Å². The number of nitrogens with one attached hydrogen (secondary N) is 1. The molecule has 0 aliphatic rings. The fraction of sp³-hybridized carbons (Fsp3) is 0.174. The summed E-state index contributed by atoms with van der Waals surface area (Å²) in [6.07, 6.45) is 0.656. The molecule has 2 aromatic heterocycles. The molecule has 158 valence electrons. The van der Waals surface area contributed by atoms with Crippen LogP contribution in [0.1, 0.15) is 11.1 Å². The van der Waals surface area contributed by atoms with Crippen molar-refractivity contribution >= 4 is 29.0 Å². The van der Waals surface area contributed by atoms with Gasteiger partial charge in [-0.15, -0.1) is 21.5 Å². The van der Waals surface area contributed by atoms with Crippen LogP contribution in [0.15, 0.2) is 77.3 Å². The molecule has 0 spiro atoms. The molecule has 1 amide bonds. The van der Waals surface area contributed by atoms with Gasteiger partial charge in [0.25, 0.3) is 0 Å². The molecule has 2 heterocycles. The molecule has 1 N–H and O–H groups in total. The van der Waals surface area contributed by atoms with Gasteiger partial charge in [-0.25, -0.2) is 4.39 Å². The Morgan fingerprint density at radius 3 is 2.55 bits per heavy atom. The van der Waals surface area contributed by atoms with Crippen LogP contribution in [0.25, 0.3) is 10.7 Å². The van der Waals surface area contributed by atoms with Crippen molar-refractivity contribution in [2.24, 2.45) is 0 Å². The highest BCUT2D eigenvalue weighted by Gasteiger charge is 2.16. The summed E-state index contributed by atoms with van der Waals surface area (Å²) >= 11 is 2.99. The van der Waals surface area contributed by atoms with E-state index < -0.39 is 0 Å². The van der Waals surface area contributed by atoms with Crippen LogP contribution < -0.4 is 5.32 Å². The number of thiophene rings is 1. The lowest BCUT2D eigenvalue weighted by atomic mass is 10.1. The molecular formula is C23H21FN4OS2. The summed E-state index contributed by atoms with van der Waals surface area (Å²) in [5.41, 5.74) is 2.13. The number of carbonyl (C=O) groups is 1. The summed E-state index contributed by atoms with van der Waals surface area (Å²) in [6.45, 7) is 1.14. The van der Waals surface area contributed by atoms with Crippen molar-refractivity contribution in [2.75, 3.05) is 12.3 Å². The Hall–Kier alpha value is -2.97. The third-order valence-electron chi connectivity index (χ3n) is 4.62. The van der Waals surface area contributed by atoms with Crippen LogP contribution in [-0.4, -0.2) is 33.0 Å². The fourth-order valence-corrected chi connectivity index (χ4v) is 4.56. The van der Waals surface area contributed by atoms with Crippen LogP contribution in [0.4, 0.5) is 4.39 Å². The normalized spacial score (nSPS) is 10.9. The topological polar surface area (TPSA) is 59.8 Å². The van der Waals surface area contributed by atoms with Crippen molar-refractivity contribution in [1.82, 2.24) is 20.1 Å². The lowest BCUT2D eigenvalue weighted by Gasteiger charge is -2.10. The summed E-state index contributed by atoms with van der Waals surface area (Å²) in [6, 6.07) is 20.5. The lowest BCUT2D eigenvalue weighted by molar-refractivity contribution is -0.118. The van der Waals surface area contributed by atoms with Crippen molar-refractivity contribution < 1.29 is 9.18 Å². The van der Waals surface area contributed by atoms with Gasteiger partial charge in [-0.3, -0.25) is 9.36 Å². The summed E-state index contributed by atoms with van der Waals surface area (Å²) in [7, 11) is 0. The molecule has 8 heteroatoms. The molecule has 0 atom stereocenters. The Bertz CT molecular complexity index is 1110. The summed E-state index contributed by atoms with van der Waals surface area (Å²) < 4.78 is 15.0. The van der Waals surface area contributed by atoms with Crippen LogP contribution in [0.5, 0.6) is 0 Å². The number of benzene rings is 2. The zero-order chi connectivity index (χ0) is 21.5. The molecule has 0 aliphatic heterocycles. The first kappa shape index (κ1) is 21.3. The Balaban J connectivity index is 1.38. The molecule has 2 aromatic carbocycles. The van der Waals surface area contributed by atoms with Gasteiger partial charge in [0.05, 0.1) is 17.2 Å². The highest BCUT2D eigenvalue weighted by atomic mass is 32.2. The van der Waals surface area contributed by atoms with Gasteiger partial charge >= 0.3 is 0 Å². The number of rotatable bonds is 9. The second kappa shape index (κ2) is 10.4. The molecule has 0 saturated heterocycles. The van der Waals surface area contributed by atoms with Gasteiger partial charge in [-0.2, -0.15) is 0 Å². The van der Waals surface area contributed by atoms with Gasteiger partial charge in [0.2, 0.25) is 5.91 Å². The van der Waals surface area contributed by atoms with Crippen molar-refractivity contribution in [2.45, 2.75) is 18.1 Å². The predicted molar refractivity (Wildman–Crippen MR) is 123 cm³/mol. The molecular weight excluding hydrogens is 431 g/mol. The highest BCUT2D eigenvalue weighted by molar-refractivity contribution is 7.99. The minimum absolute atomic E-state index is 0.0703.